The van der Waals surface area contributed by atoms with Gasteiger partial charge in [-0.15, -0.1) is 0 Å². The molecule has 0 bridgehead atoms. The number of rotatable bonds is 2. The highest BCUT2D eigenvalue weighted by Gasteiger charge is 2.28. The Morgan fingerprint density at radius 2 is 1.67 bits per heavy atom. The van der Waals surface area contributed by atoms with Gasteiger partial charge in [-0.1, -0.05) is 19.3 Å². The fraction of sp³-hybridized carbons (Fsp3) is 0.600. The molecule has 18 heavy (non-hydrogen) atoms. The van der Waals surface area contributed by atoms with Gasteiger partial charge in [-0.3, -0.25) is 0 Å². The molecule has 3 heteroatoms. The molecule has 1 aromatic rings. The van der Waals surface area contributed by atoms with E-state index in [9.17, 15) is 4.79 Å². The summed E-state index contributed by atoms with van der Waals surface area (Å²) in [6, 6.07) is 4.06. The topological polar surface area (TPSA) is 30.2 Å². The lowest BCUT2D eigenvalue weighted by molar-refractivity contribution is -0.878. The number of carbonyl (C=O) groups excluding carboxylic acids is 1. The molecule has 0 aliphatic heterocycles. The second-order valence-corrected chi connectivity index (χ2v) is 5.36. The van der Waals surface area contributed by atoms with Crippen LogP contribution < -0.4 is 9.57 Å². The molecule has 0 unspecified atom stereocenters. The van der Waals surface area contributed by atoms with Crippen molar-refractivity contribution in [2.75, 3.05) is 0 Å². The Labute approximate surface area is 109 Å². The maximum Gasteiger partial charge on any atom is 0.383 e. The summed E-state index contributed by atoms with van der Waals surface area (Å²) in [6.07, 6.45) is 5.50. The third-order valence-electron chi connectivity index (χ3n) is 3.63. The Kier molecular flexibility index (Phi) is 4.00. The van der Waals surface area contributed by atoms with Crippen LogP contribution in [0.2, 0.25) is 0 Å². The van der Waals surface area contributed by atoms with Crippen molar-refractivity contribution in [1.29, 1.82) is 0 Å². The fourth-order valence-electron chi connectivity index (χ4n) is 2.74. The molecule has 1 aliphatic carbocycles. The van der Waals surface area contributed by atoms with Gasteiger partial charge in [0.15, 0.2) is 0 Å². The van der Waals surface area contributed by atoms with Gasteiger partial charge < -0.3 is 0 Å². The average Bonchev–Trinajstić information content (AvgIpc) is 2.34. The monoisotopic (exact) mass is 248 g/mol. The number of pyridine rings is 1. The standard InChI is InChI=1S/C15H22NO2/c1-11-9-12(2)16(13(3)10-11)18-15(17)14-7-5-4-6-8-14/h9-10,14H,4-8H2,1-3H3/q+1. The van der Waals surface area contributed by atoms with Crippen molar-refractivity contribution in [3.05, 3.63) is 29.1 Å². The lowest BCUT2D eigenvalue weighted by Crippen LogP contribution is -2.52. The van der Waals surface area contributed by atoms with E-state index in [1.54, 1.807) is 4.73 Å². The van der Waals surface area contributed by atoms with E-state index in [0.717, 1.165) is 37.1 Å². The second kappa shape index (κ2) is 5.51. The maximum atomic E-state index is 12.1. The van der Waals surface area contributed by atoms with E-state index in [0.29, 0.717) is 0 Å². The Balaban J connectivity index is 2.11. The molecule has 2 rings (SSSR count). The molecule has 1 aromatic heterocycles. The summed E-state index contributed by atoms with van der Waals surface area (Å²) in [5.41, 5.74) is 3.13. The molecule has 3 nitrogen and oxygen atoms in total. The summed E-state index contributed by atoms with van der Waals surface area (Å²) < 4.78 is 1.66. The average molecular weight is 248 g/mol. The van der Waals surface area contributed by atoms with Crippen LogP contribution in [0.5, 0.6) is 0 Å². The molecule has 1 heterocycles. The lowest BCUT2D eigenvalue weighted by atomic mass is 9.89. The maximum absolute atomic E-state index is 12.1. The van der Waals surface area contributed by atoms with E-state index >= 15 is 0 Å². The first kappa shape index (κ1) is 13.1. The molecule has 0 atom stereocenters. The van der Waals surface area contributed by atoms with Crippen molar-refractivity contribution in [2.24, 2.45) is 5.92 Å². The van der Waals surface area contributed by atoms with E-state index < -0.39 is 0 Å². The van der Waals surface area contributed by atoms with E-state index in [-0.39, 0.29) is 11.9 Å². The van der Waals surface area contributed by atoms with Gasteiger partial charge in [0.2, 0.25) is 11.4 Å². The van der Waals surface area contributed by atoms with Crippen LogP contribution in [0.1, 0.15) is 49.1 Å². The Morgan fingerprint density at radius 1 is 1.11 bits per heavy atom. The van der Waals surface area contributed by atoms with Crippen LogP contribution in [0.3, 0.4) is 0 Å². The largest absolute Gasteiger partial charge is 0.383 e. The predicted molar refractivity (Wildman–Crippen MR) is 69.0 cm³/mol. The van der Waals surface area contributed by atoms with Crippen LogP contribution in [0.15, 0.2) is 12.1 Å². The summed E-state index contributed by atoms with van der Waals surface area (Å²) in [5, 5.41) is 0. The van der Waals surface area contributed by atoms with Crippen LogP contribution in [0, 0.1) is 26.7 Å². The van der Waals surface area contributed by atoms with Gasteiger partial charge in [-0.25, -0.2) is 4.79 Å². The van der Waals surface area contributed by atoms with E-state index in [1.165, 1.54) is 12.0 Å². The van der Waals surface area contributed by atoms with Gasteiger partial charge in [-0.2, -0.15) is 4.84 Å². The molecule has 98 valence electrons. The minimum atomic E-state index is -0.0743. The minimum Gasteiger partial charge on any atom is -0.244 e. The molecule has 0 N–H and O–H groups in total. The molecule has 1 aliphatic rings. The quantitative estimate of drug-likeness (QED) is 0.752. The minimum absolute atomic E-state index is 0.0743. The van der Waals surface area contributed by atoms with E-state index in [4.69, 9.17) is 4.84 Å². The molecule has 1 fully saturated rings. The summed E-state index contributed by atoms with van der Waals surface area (Å²) in [6.45, 7) is 5.98. The zero-order valence-electron chi connectivity index (χ0n) is 11.5. The smallest absolute Gasteiger partial charge is 0.244 e. The molecule has 0 amide bonds. The van der Waals surface area contributed by atoms with Gasteiger partial charge in [0, 0.05) is 30.7 Å². The fourth-order valence-corrected chi connectivity index (χ4v) is 2.74. The first-order valence-corrected chi connectivity index (χ1v) is 6.80. The van der Waals surface area contributed by atoms with Crippen molar-refractivity contribution in [3.63, 3.8) is 0 Å². The summed E-state index contributed by atoms with van der Waals surface area (Å²) >= 11 is 0. The van der Waals surface area contributed by atoms with Crippen LogP contribution in [-0.2, 0) is 4.79 Å². The zero-order chi connectivity index (χ0) is 13.1. The van der Waals surface area contributed by atoms with Crippen LogP contribution >= 0.6 is 0 Å². The first-order valence-electron chi connectivity index (χ1n) is 6.80. The SMILES string of the molecule is Cc1cc(C)[n+](OC(=O)C2CCCCC2)c(C)c1. The zero-order valence-corrected chi connectivity index (χ0v) is 11.5. The van der Waals surface area contributed by atoms with Gasteiger partial charge in [0.1, 0.15) is 0 Å². The summed E-state index contributed by atoms with van der Waals surface area (Å²) in [4.78, 5) is 17.7. The molecule has 0 aromatic carbocycles. The van der Waals surface area contributed by atoms with Gasteiger partial charge in [0.25, 0.3) is 0 Å². The van der Waals surface area contributed by atoms with Crippen LogP contribution in [0.4, 0.5) is 0 Å². The van der Waals surface area contributed by atoms with Crippen molar-refractivity contribution < 1.29 is 14.4 Å². The molecule has 0 saturated heterocycles. The number of aryl methyl sites for hydroxylation is 3. The van der Waals surface area contributed by atoms with E-state index in [2.05, 4.69) is 0 Å². The number of carbonyl (C=O) groups is 1. The number of nitrogens with zero attached hydrogens (tertiary/aromatic N) is 1. The lowest BCUT2D eigenvalue weighted by Gasteiger charge is -2.17. The van der Waals surface area contributed by atoms with Crippen molar-refractivity contribution in [3.8, 4) is 0 Å². The Bertz CT molecular complexity index is 425. The third kappa shape index (κ3) is 2.89. The highest BCUT2D eigenvalue weighted by Crippen LogP contribution is 2.23. The van der Waals surface area contributed by atoms with Gasteiger partial charge in [-0.05, 0) is 25.3 Å². The second-order valence-electron chi connectivity index (χ2n) is 5.36. The van der Waals surface area contributed by atoms with Crippen molar-refractivity contribution >= 4 is 5.97 Å². The van der Waals surface area contributed by atoms with E-state index in [1.807, 2.05) is 32.9 Å². The number of hydrogen-bond acceptors (Lipinski definition) is 2. The van der Waals surface area contributed by atoms with Gasteiger partial charge >= 0.3 is 5.97 Å². The number of aromatic nitrogens is 1. The van der Waals surface area contributed by atoms with Crippen LogP contribution in [0.25, 0.3) is 0 Å². The highest BCUT2D eigenvalue weighted by atomic mass is 16.7. The number of hydrogen-bond donors (Lipinski definition) is 0. The summed E-state index contributed by atoms with van der Waals surface area (Å²) in [5.74, 6) is 0.0149. The summed E-state index contributed by atoms with van der Waals surface area (Å²) in [7, 11) is 0. The van der Waals surface area contributed by atoms with Gasteiger partial charge in [0.05, 0.1) is 5.92 Å². The molecule has 0 spiro atoms. The molecular weight excluding hydrogens is 226 g/mol. The Hall–Kier alpha value is -1.38. The van der Waals surface area contributed by atoms with Crippen molar-refractivity contribution in [1.82, 2.24) is 0 Å². The Morgan fingerprint density at radius 3 is 2.22 bits per heavy atom. The highest BCUT2D eigenvalue weighted by molar-refractivity contribution is 5.72. The molecule has 0 radical (unpaired) electrons. The first-order chi connectivity index (χ1) is 8.58. The van der Waals surface area contributed by atoms with Crippen LogP contribution in [-0.4, -0.2) is 5.97 Å². The third-order valence-corrected chi connectivity index (χ3v) is 3.63. The normalized spacial score (nSPS) is 16.6. The predicted octanol–water partition coefficient (Wildman–Crippen LogP) is 2.43. The molecular formula is C15H22NO2+. The molecule has 1 saturated carbocycles. The van der Waals surface area contributed by atoms with Crippen molar-refractivity contribution in [2.45, 2.75) is 52.9 Å².